The Hall–Kier alpha value is -1.29. The molecule has 4 heteroatoms. The van der Waals surface area contributed by atoms with Crippen LogP contribution >= 0.6 is 0 Å². The molecule has 0 aromatic heterocycles. The van der Waals surface area contributed by atoms with E-state index in [4.69, 9.17) is 9.47 Å². The molecule has 0 aliphatic carbocycles. The van der Waals surface area contributed by atoms with Gasteiger partial charge < -0.3 is 9.47 Å². The van der Waals surface area contributed by atoms with E-state index in [1.165, 1.54) is 4.90 Å². The summed E-state index contributed by atoms with van der Waals surface area (Å²) in [5.74, 6) is 0. The third-order valence-electron chi connectivity index (χ3n) is 1.72. The lowest BCUT2D eigenvalue weighted by molar-refractivity contribution is 0.0000133. The number of carbonyl (C=O) groups is 1. The van der Waals surface area contributed by atoms with Gasteiger partial charge in [-0.1, -0.05) is 6.08 Å². The fourth-order valence-electron chi connectivity index (χ4n) is 1.15. The molecule has 14 heavy (non-hydrogen) atoms. The summed E-state index contributed by atoms with van der Waals surface area (Å²) in [7, 11) is 0. The largest absolute Gasteiger partial charge is 0.449 e. The molecule has 0 N–H and O–H groups in total. The SMILES string of the molecule is CCOC(=O)N1C=CC=CC1OCC. The summed E-state index contributed by atoms with van der Waals surface area (Å²) in [6.07, 6.45) is 6.34. The van der Waals surface area contributed by atoms with Crippen LogP contribution < -0.4 is 0 Å². The first-order valence-corrected chi connectivity index (χ1v) is 4.71. The van der Waals surface area contributed by atoms with Crippen LogP contribution in [0.25, 0.3) is 0 Å². The van der Waals surface area contributed by atoms with E-state index >= 15 is 0 Å². The molecule has 0 radical (unpaired) electrons. The summed E-state index contributed by atoms with van der Waals surface area (Å²) >= 11 is 0. The minimum Gasteiger partial charge on any atom is -0.449 e. The van der Waals surface area contributed by atoms with Crippen LogP contribution in [0, 0.1) is 0 Å². The molecule has 1 amide bonds. The fourth-order valence-corrected chi connectivity index (χ4v) is 1.15. The Bertz CT molecular complexity index is 248. The first-order valence-electron chi connectivity index (χ1n) is 4.71. The summed E-state index contributed by atoms with van der Waals surface area (Å²) in [6, 6.07) is 0. The van der Waals surface area contributed by atoms with Crippen molar-refractivity contribution in [1.29, 1.82) is 0 Å². The van der Waals surface area contributed by atoms with Crippen LogP contribution in [0.1, 0.15) is 13.8 Å². The van der Waals surface area contributed by atoms with Gasteiger partial charge in [-0.05, 0) is 26.0 Å². The van der Waals surface area contributed by atoms with Gasteiger partial charge in [0.15, 0.2) is 6.23 Å². The highest BCUT2D eigenvalue weighted by molar-refractivity contribution is 5.69. The molecule has 4 nitrogen and oxygen atoms in total. The quantitative estimate of drug-likeness (QED) is 0.693. The first-order chi connectivity index (χ1) is 6.79. The molecule has 78 valence electrons. The number of rotatable bonds is 3. The van der Waals surface area contributed by atoms with Gasteiger partial charge in [-0.15, -0.1) is 0 Å². The average Bonchev–Trinajstić information content (AvgIpc) is 2.19. The van der Waals surface area contributed by atoms with Crippen molar-refractivity contribution in [3.63, 3.8) is 0 Å². The van der Waals surface area contributed by atoms with E-state index < -0.39 is 0 Å². The lowest BCUT2D eigenvalue weighted by Gasteiger charge is -2.26. The Balaban J connectivity index is 2.60. The number of carbonyl (C=O) groups excluding carboxylic acids is 1. The highest BCUT2D eigenvalue weighted by atomic mass is 16.6. The third kappa shape index (κ3) is 2.60. The van der Waals surface area contributed by atoms with Crippen molar-refractivity contribution >= 4 is 6.09 Å². The number of allylic oxidation sites excluding steroid dienone is 2. The summed E-state index contributed by atoms with van der Waals surface area (Å²) in [5.41, 5.74) is 0. The zero-order chi connectivity index (χ0) is 10.4. The standard InChI is InChI=1S/C10H15NO3/c1-3-13-9-7-5-6-8-11(9)10(12)14-4-2/h5-9H,3-4H2,1-2H3. The molecule has 0 bridgehead atoms. The normalized spacial score (nSPS) is 19.9. The van der Waals surface area contributed by atoms with Crippen LogP contribution in [-0.2, 0) is 9.47 Å². The Morgan fingerprint density at radius 3 is 2.79 bits per heavy atom. The van der Waals surface area contributed by atoms with Crippen molar-refractivity contribution in [2.75, 3.05) is 13.2 Å². The van der Waals surface area contributed by atoms with E-state index in [-0.39, 0.29) is 12.3 Å². The maximum atomic E-state index is 11.4. The van der Waals surface area contributed by atoms with E-state index in [9.17, 15) is 4.79 Å². The van der Waals surface area contributed by atoms with Crippen LogP contribution in [0.2, 0.25) is 0 Å². The highest BCUT2D eigenvalue weighted by Gasteiger charge is 2.21. The van der Waals surface area contributed by atoms with E-state index in [2.05, 4.69) is 0 Å². The zero-order valence-corrected chi connectivity index (χ0v) is 8.47. The van der Waals surface area contributed by atoms with Crippen molar-refractivity contribution in [3.05, 3.63) is 24.4 Å². The third-order valence-corrected chi connectivity index (χ3v) is 1.72. The maximum Gasteiger partial charge on any atom is 0.416 e. The Kier molecular flexibility index (Phi) is 4.19. The van der Waals surface area contributed by atoms with Crippen LogP contribution in [-0.4, -0.2) is 30.4 Å². The number of nitrogens with zero attached hydrogens (tertiary/aromatic N) is 1. The van der Waals surface area contributed by atoms with Gasteiger partial charge in [0.1, 0.15) is 0 Å². The van der Waals surface area contributed by atoms with Crippen molar-refractivity contribution in [2.24, 2.45) is 0 Å². The van der Waals surface area contributed by atoms with Gasteiger partial charge in [-0.3, -0.25) is 4.90 Å². The minimum absolute atomic E-state index is 0.343. The molecule has 0 aromatic carbocycles. The van der Waals surface area contributed by atoms with Gasteiger partial charge >= 0.3 is 6.09 Å². The molecule has 1 aliphatic heterocycles. The van der Waals surface area contributed by atoms with Gasteiger partial charge in [0.25, 0.3) is 0 Å². The topological polar surface area (TPSA) is 38.8 Å². The summed E-state index contributed by atoms with van der Waals surface area (Å²) in [6.45, 7) is 4.58. The van der Waals surface area contributed by atoms with Gasteiger partial charge in [0, 0.05) is 12.8 Å². The Morgan fingerprint density at radius 1 is 1.36 bits per heavy atom. The molecule has 0 aromatic rings. The number of hydrogen-bond acceptors (Lipinski definition) is 3. The van der Waals surface area contributed by atoms with Gasteiger partial charge in [-0.2, -0.15) is 0 Å². The molecule has 1 atom stereocenters. The number of amides is 1. The van der Waals surface area contributed by atoms with Gasteiger partial charge in [0.05, 0.1) is 6.61 Å². The average molecular weight is 197 g/mol. The molecule has 1 unspecified atom stereocenters. The smallest absolute Gasteiger partial charge is 0.416 e. The fraction of sp³-hybridized carbons (Fsp3) is 0.500. The Labute approximate surface area is 83.8 Å². The first kappa shape index (κ1) is 10.8. The molecule has 1 rings (SSSR count). The summed E-state index contributed by atoms with van der Waals surface area (Å²) in [4.78, 5) is 12.8. The zero-order valence-electron chi connectivity index (χ0n) is 8.47. The molecule has 1 aliphatic rings. The van der Waals surface area contributed by atoms with Crippen molar-refractivity contribution in [2.45, 2.75) is 20.1 Å². The van der Waals surface area contributed by atoms with Gasteiger partial charge in [-0.25, -0.2) is 4.79 Å². The van der Waals surface area contributed by atoms with Crippen LogP contribution in [0.3, 0.4) is 0 Å². The van der Waals surface area contributed by atoms with Crippen LogP contribution in [0.5, 0.6) is 0 Å². The minimum atomic E-state index is -0.383. The van der Waals surface area contributed by atoms with E-state index in [1.54, 1.807) is 25.3 Å². The molecule has 0 fully saturated rings. The monoisotopic (exact) mass is 197 g/mol. The predicted molar refractivity (Wildman–Crippen MR) is 52.6 cm³/mol. The van der Waals surface area contributed by atoms with Crippen molar-refractivity contribution in [3.8, 4) is 0 Å². The van der Waals surface area contributed by atoms with Crippen LogP contribution in [0.4, 0.5) is 4.79 Å². The van der Waals surface area contributed by atoms with E-state index in [0.717, 1.165) is 0 Å². The van der Waals surface area contributed by atoms with Gasteiger partial charge in [0.2, 0.25) is 0 Å². The second-order valence-electron chi connectivity index (χ2n) is 2.68. The second kappa shape index (κ2) is 5.44. The van der Waals surface area contributed by atoms with E-state index in [0.29, 0.717) is 13.2 Å². The molecule has 0 saturated heterocycles. The number of hydrogen-bond donors (Lipinski definition) is 0. The lowest BCUT2D eigenvalue weighted by atomic mass is 10.3. The maximum absolute atomic E-state index is 11.4. The molecular weight excluding hydrogens is 182 g/mol. The van der Waals surface area contributed by atoms with Crippen molar-refractivity contribution in [1.82, 2.24) is 4.90 Å². The summed E-state index contributed by atoms with van der Waals surface area (Å²) < 4.78 is 10.2. The van der Waals surface area contributed by atoms with Crippen LogP contribution in [0.15, 0.2) is 24.4 Å². The predicted octanol–water partition coefficient (Wildman–Crippen LogP) is 1.89. The van der Waals surface area contributed by atoms with Crippen molar-refractivity contribution < 1.29 is 14.3 Å². The molecule has 1 heterocycles. The second-order valence-corrected chi connectivity index (χ2v) is 2.68. The summed E-state index contributed by atoms with van der Waals surface area (Å²) in [5, 5.41) is 0. The highest BCUT2D eigenvalue weighted by Crippen LogP contribution is 2.11. The lowest BCUT2D eigenvalue weighted by Crippen LogP contribution is -2.38. The molecule has 0 saturated carbocycles. The molecular formula is C10H15NO3. The Morgan fingerprint density at radius 2 is 2.14 bits per heavy atom. The molecule has 0 spiro atoms. The van der Waals surface area contributed by atoms with E-state index in [1.807, 2.05) is 13.0 Å². The number of ether oxygens (including phenoxy) is 2.